The van der Waals surface area contributed by atoms with Gasteiger partial charge in [-0.2, -0.15) is 5.26 Å². The summed E-state index contributed by atoms with van der Waals surface area (Å²) in [7, 11) is 0. The molecule has 0 atom stereocenters. The van der Waals surface area contributed by atoms with Gasteiger partial charge in [0.2, 0.25) is 0 Å². The number of rotatable bonds is 1. The molecule has 0 N–H and O–H groups in total. The molecule has 0 radical (unpaired) electrons. The van der Waals surface area contributed by atoms with Crippen LogP contribution in [0.25, 0.3) is 0 Å². The van der Waals surface area contributed by atoms with Gasteiger partial charge in [0.25, 0.3) is 11.7 Å². The maximum atomic E-state index is 12.6. The van der Waals surface area contributed by atoms with Crippen molar-refractivity contribution in [1.29, 1.82) is 5.26 Å². The van der Waals surface area contributed by atoms with Crippen molar-refractivity contribution in [2.24, 2.45) is 0 Å². The molecule has 19 heavy (non-hydrogen) atoms. The first-order valence-electron chi connectivity index (χ1n) is 6.19. The molecule has 2 aliphatic rings. The van der Waals surface area contributed by atoms with Crippen molar-refractivity contribution in [1.82, 2.24) is 0 Å². The molecule has 0 saturated carbocycles. The van der Waals surface area contributed by atoms with E-state index in [4.69, 9.17) is 14.7 Å². The SMILES string of the molecule is Cc1ccc2c(c1C)N(CC#N)C(=O)C21OCCO1. The molecule has 1 amide bonds. The Morgan fingerprint density at radius 2 is 2.05 bits per heavy atom. The Bertz CT molecular complexity index is 597. The number of ether oxygens (including phenoxy) is 2. The Morgan fingerprint density at radius 1 is 1.37 bits per heavy atom. The van der Waals surface area contributed by atoms with Crippen LogP contribution in [0.3, 0.4) is 0 Å². The molecule has 1 fully saturated rings. The zero-order chi connectivity index (χ0) is 13.6. The van der Waals surface area contributed by atoms with Gasteiger partial charge >= 0.3 is 0 Å². The monoisotopic (exact) mass is 258 g/mol. The average molecular weight is 258 g/mol. The van der Waals surface area contributed by atoms with Crippen molar-refractivity contribution < 1.29 is 14.3 Å². The first-order chi connectivity index (χ1) is 9.12. The molecular weight excluding hydrogens is 244 g/mol. The predicted octanol–water partition coefficient (Wildman–Crippen LogP) is 1.37. The molecule has 1 aromatic rings. The molecule has 0 aromatic heterocycles. The minimum absolute atomic E-state index is 0.00456. The minimum atomic E-state index is -1.33. The molecule has 1 spiro atoms. The van der Waals surface area contributed by atoms with E-state index in [1.807, 2.05) is 32.0 Å². The van der Waals surface area contributed by atoms with E-state index in [9.17, 15) is 4.79 Å². The number of fused-ring (bicyclic) bond motifs is 2. The van der Waals surface area contributed by atoms with Gasteiger partial charge in [-0.05, 0) is 25.0 Å². The summed E-state index contributed by atoms with van der Waals surface area (Å²) in [4.78, 5) is 14.0. The Balaban J connectivity index is 2.24. The third kappa shape index (κ3) is 1.44. The van der Waals surface area contributed by atoms with Crippen LogP contribution in [-0.2, 0) is 20.1 Å². The predicted molar refractivity (Wildman–Crippen MR) is 67.5 cm³/mol. The lowest BCUT2D eigenvalue weighted by molar-refractivity contribution is -0.180. The van der Waals surface area contributed by atoms with E-state index >= 15 is 0 Å². The van der Waals surface area contributed by atoms with E-state index in [0.717, 1.165) is 16.8 Å². The number of hydrogen-bond donors (Lipinski definition) is 0. The number of nitriles is 1. The fourth-order valence-electron chi connectivity index (χ4n) is 2.72. The lowest BCUT2D eigenvalue weighted by atomic mass is 10.0. The summed E-state index contributed by atoms with van der Waals surface area (Å²) in [5.74, 6) is -1.62. The summed E-state index contributed by atoms with van der Waals surface area (Å²) in [6.07, 6.45) is 0. The van der Waals surface area contributed by atoms with E-state index in [0.29, 0.717) is 18.8 Å². The standard InChI is InChI=1S/C14H14N2O3/c1-9-3-4-11-12(10(9)2)16(6-5-15)13(17)14(11)18-7-8-19-14/h3-4H,6-8H2,1-2H3. The second-order valence-electron chi connectivity index (χ2n) is 4.77. The zero-order valence-corrected chi connectivity index (χ0v) is 10.9. The molecule has 0 unspecified atom stereocenters. The number of amides is 1. The summed E-state index contributed by atoms with van der Waals surface area (Å²) in [5, 5.41) is 8.94. The van der Waals surface area contributed by atoms with Crippen LogP contribution in [-0.4, -0.2) is 25.7 Å². The zero-order valence-electron chi connectivity index (χ0n) is 10.9. The molecule has 3 rings (SSSR count). The van der Waals surface area contributed by atoms with Crippen molar-refractivity contribution in [2.45, 2.75) is 19.6 Å². The number of benzene rings is 1. The average Bonchev–Trinajstić information content (AvgIpc) is 2.96. The molecule has 5 nitrogen and oxygen atoms in total. The molecule has 1 saturated heterocycles. The molecule has 2 heterocycles. The van der Waals surface area contributed by atoms with Crippen LogP contribution >= 0.6 is 0 Å². The Kier molecular flexibility index (Phi) is 2.59. The summed E-state index contributed by atoms with van der Waals surface area (Å²) in [5.41, 5.74) is 3.53. The summed E-state index contributed by atoms with van der Waals surface area (Å²) < 4.78 is 11.2. The van der Waals surface area contributed by atoms with Gasteiger partial charge in [-0.25, -0.2) is 0 Å². The van der Waals surface area contributed by atoms with E-state index in [-0.39, 0.29) is 12.5 Å². The van der Waals surface area contributed by atoms with E-state index in [1.165, 1.54) is 4.90 Å². The van der Waals surface area contributed by atoms with Gasteiger partial charge in [0.1, 0.15) is 6.54 Å². The topological polar surface area (TPSA) is 62.6 Å². The van der Waals surface area contributed by atoms with E-state index in [2.05, 4.69) is 0 Å². The quantitative estimate of drug-likeness (QED) is 0.714. The maximum absolute atomic E-state index is 12.6. The van der Waals surface area contributed by atoms with Crippen LogP contribution in [0.2, 0.25) is 0 Å². The number of nitrogens with zero attached hydrogens (tertiary/aromatic N) is 2. The maximum Gasteiger partial charge on any atom is 0.293 e. The lowest BCUT2D eigenvalue weighted by Crippen LogP contribution is -2.41. The molecule has 0 aliphatic carbocycles. The number of aryl methyl sites for hydroxylation is 1. The molecule has 2 aliphatic heterocycles. The van der Waals surface area contributed by atoms with Crippen LogP contribution in [0.15, 0.2) is 12.1 Å². The van der Waals surface area contributed by atoms with Crippen molar-refractivity contribution in [3.63, 3.8) is 0 Å². The van der Waals surface area contributed by atoms with Gasteiger partial charge in [0, 0.05) is 5.56 Å². The molecule has 0 bridgehead atoms. The van der Waals surface area contributed by atoms with Crippen LogP contribution in [0.1, 0.15) is 16.7 Å². The number of hydrogen-bond acceptors (Lipinski definition) is 4. The Labute approximate surface area is 111 Å². The van der Waals surface area contributed by atoms with Gasteiger partial charge in [0.15, 0.2) is 0 Å². The fraction of sp³-hybridized carbons (Fsp3) is 0.429. The summed E-state index contributed by atoms with van der Waals surface area (Å²) >= 11 is 0. The van der Waals surface area contributed by atoms with Crippen LogP contribution in [0.4, 0.5) is 5.69 Å². The Morgan fingerprint density at radius 3 is 2.68 bits per heavy atom. The van der Waals surface area contributed by atoms with Crippen LogP contribution in [0, 0.1) is 25.2 Å². The van der Waals surface area contributed by atoms with Crippen LogP contribution in [0.5, 0.6) is 0 Å². The highest BCUT2D eigenvalue weighted by molar-refractivity contribution is 6.07. The highest BCUT2D eigenvalue weighted by Gasteiger charge is 2.56. The van der Waals surface area contributed by atoms with Gasteiger partial charge in [0.05, 0.1) is 25.0 Å². The van der Waals surface area contributed by atoms with Crippen molar-refractivity contribution in [3.8, 4) is 6.07 Å². The van der Waals surface area contributed by atoms with E-state index < -0.39 is 5.79 Å². The van der Waals surface area contributed by atoms with Gasteiger partial charge in [-0.3, -0.25) is 9.69 Å². The lowest BCUT2D eigenvalue weighted by Gasteiger charge is -2.20. The third-order valence-electron chi connectivity index (χ3n) is 3.78. The third-order valence-corrected chi connectivity index (χ3v) is 3.78. The minimum Gasteiger partial charge on any atom is -0.336 e. The molecular formula is C14H14N2O3. The number of carbonyl (C=O) groups excluding carboxylic acids is 1. The van der Waals surface area contributed by atoms with Gasteiger partial charge in [-0.15, -0.1) is 0 Å². The molecule has 5 heteroatoms. The normalized spacial score (nSPS) is 19.8. The summed E-state index contributed by atoms with van der Waals surface area (Å²) in [6, 6.07) is 5.84. The van der Waals surface area contributed by atoms with E-state index in [1.54, 1.807) is 0 Å². The van der Waals surface area contributed by atoms with Crippen molar-refractivity contribution in [2.75, 3.05) is 24.7 Å². The number of anilines is 1. The first kappa shape index (κ1) is 12.2. The first-order valence-corrected chi connectivity index (χ1v) is 6.19. The second kappa shape index (κ2) is 4.05. The highest BCUT2D eigenvalue weighted by Crippen LogP contribution is 2.47. The smallest absolute Gasteiger partial charge is 0.293 e. The Hall–Kier alpha value is -1.90. The number of carbonyl (C=O) groups is 1. The fourth-order valence-corrected chi connectivity index (χ4v) is 2.72. The summed E-state index contributed by atoms with van der Waals surface area (Å²) in [6.45, 7) is 4.70. The van der Waals surface area contributed by atoms with Gasteiger partial charge < -0.3 is 9.47 Å². The largest absolute Gasteiger partial charge is 0.336 e. The highest BCUT2D eigenvalue weighted by atomic mass is 16.7. The van der Waals surface area contributed by atoms with Gasteiger partial charge in [-0.1, -0.05) is 12.1 Å². The van der Waals surface area contributed by atoms with Crippen molar-refractivity contribution >= 4 is 11.6 Å². The molecule has 1 aromatic carbocycles. The van der Waals surface area contributed by atoms with Crippen LogP contribution < -0.4 is 4.90 Å². The molecule has 98 valence electrons. The second-order valence-corrected chi connectivity index (χ2v) is 4.77. The van der Waals surface area contributed by atoms with Crippen molar-refractivity contribution in [3.05, 3.63) is 28.8 Å².